The molecule has 0 radical (unpaired) electrons. The molecule has 36 heavy (non-hydrogen) atoms. The normalized spacial score (nSPS) is 15.1. The number of aliphatic hydroxyl groups excluding tert-OH is 1. The number of anilines is 3. The molecular formula is C28H44N6OS. The van der Waals surface area contributed by atoms with Gasteiger partial charge in [0.25, 0.3) is 0 Å². The Labute approximate surface area is 221 Å². The van der Waals surface area contributed by atoms with Gasteiger partial charge in [0, 0.05) is 29.2 Å². The maximum absolute atomic E-state index is 9.71. The number of hydrogen-bond donors (Lipinski definition) is 4. The smallest absolute Gasteiger partial charge is 0.159 e. The highest BCUT2D eigenvalue weighted by atomic mass is 32.2. The summed E-state index contributed by atoms with van der Waals surface area (Å²) in [6.45, 7) is 18.8. The Morgan fingerprint density at radius 2 is 1.92 bits per heavy atom. The van der Waals surface area contributed by atoms with Crippen LogP contribution in [0.25, 0.3) is 5.70 Å². The number of piperidine rings is 1. The van der Waals surface area contributed by atoms with Crippen molar-refractivity contribution in [2.24, 2.45) is 5.92 Å². The first-order valence-corrected chi connectivity index (χ1v) is 13.8. The number of nitrogens with one attached hydrogen (secondary N) is 3. The molecule has 0 unspecified atom stereocenters. The van der Waals surface area contributed by atoms with E-state index >= 15 is 0 Å². The van der Waals surface area contributed by atoms with E-state index in [9.17, 15) is 5.11 Å². The lowest BCUT2D eigenvalue weighted by Gasteiger charge is -2.34. The van der Waals surface area contributed by atoms with E-state index in [4.69, 9.17) is 9.97 Å². The van der Waals surface area contributed by atoms with Crippen molar-refractivity contribution < 1.29 is 5.11 Å². The molecule has 2 heterocycles. The monoisotopic (exact) mass is 512 g/mol. The van der Waals surface area contributed by atoms with Gasteiger partial charge in [0.05, 0.1) is 24.0 Å². The molecule has 3 rings (SSSR count). The molecule has 1 aromatic carbocycles. The predicted octanol–water partition coefficient (Wildman–Crippen LogP) is 6.15. The summed E-state index contributed by atoms with van der Waals surface area (Å²) in [5.74, 6) is 2.27. The summed E-state index contributed by atoms with van der Waals surface area (Å²) in [5.41, 5.74) is 1.95. The first-order valence-electron chi connectivity index (χ1n) is 13.0. The van der Waals surface area contributed by atoms with Gasteiger partial charge in [-0.3, -0.25) is 4.72 Å². The zero-order chi connectivity index (χ0) is 26.3. The van der Waals surface area contributed by atoms with E-state index in [1.165, 1.54) is 12.8 Å². The van der Waals surface area contributed by atoms with Crippen LogP contribution in [0, 0.1) is 5.92 Å². The van der Waals surface area contributed by atoms with Gasteiger partial charge in [-0.15, -0.1) is 0 Å². The van der Waals surface area contributed by atoms with Crippen LogP contribution in [0.5, 0.6) is 0 Å². The number of nitrogens with zero attached hydrogens (tertiary/aromatic N) is 3. The zero-order valence-electron chi connectivity index (χ0n) is 22.8. The molecule has 8 heteroatoms. The minimum absolute atomic E-state index is 0.000857. The number of benzene rings is 1. The summed E-state index contributed by atoms with van der Waals surface area (Å²) in [7, 11) is 0. The van der Waals surface area contributed by atoms with Crippen molar-refractivity contribution in [2.45, 2.75) is 83.2 Å². The standard InChI is InChI=1S/C28H44N6OS/c1-8-10-21-13-15-34(16-14-21)26-25(29-18-24(31-26)32-28(6,7)19-35)20(2)30-22-11-9-12-23(17-22)36-33-27(3,4)5/h9,11-12,17-18,21,30,33,35H,2,8,10,13-16,19H2,1,3-7H3,(H,31,32). The van der Waals surface area contributed by atoms with Crippen molar-refractivity contribution >= 4 is 35.0 Å². The van der Waals surface area contributed by atoms with Gasteiger partial charge in [0.2, 0.25) is 0 Å². The number of hydrogen-bond acceptors (Lipinski definition) is 8. The largest absolute Gasteiger partial charge is 0.394 e. The lowest BCUT2D eigenvalue weighted by molar-refractivity contribution is 0.234. The van der Waals surface area contributed by atoms with Gasteiger partial charge in [-0.05, 0) is 83.5 Å². The second-order valence-electron chi connectivity index (χ2n) is 11.4. The predicted molar refractivity (Wildman–Crippen MR) is 155 cm³/mol. The molecule has 1 aromatic heterocycles. The van der Waals surface area contributed by atoms with Gasteiger partial charge in [-0.1, -0.05) is 32.4 Å². The molecule has 1 saturated heterocycles. The Morgan fingerprint density at radius 3 is 2.56 bits per heavy atom. The summed E-state index contributed by atoms with van der Waals surface area (Å²) in [6.07, 6.45) is 6.57. The molecule has 1 aliphatic heterocycles. The van der Waals surface area contributed by atoms with Crippen LogP contribution < -0.4 is 20.3 Å². The summed E-state index contributed by atoms with van der Waals surface area (Å²) < 4.78 is 3.46. The molecule has 7 nitrogen and oxygen atoms in total. The molecule has 1 fully saturated rings. The first-order chi connectivity index (χ1) is 17.0. The summed E-state index contributed by atoms with van der Waals surface area (Å²) in [4.78, 5) is 13.2. The van der Waals surface area contributed by atoms with Crippen LogP contribution in [-0.4, -0.2) is 45.8 Å². The van der Waals surface area contributed by atoms with Crippen molar-refractivity contribution in [3.05, 3.63) is 42.7 Å². The molecule has 0 spiro atoms. The third-order valence-electron chi connectivity index (χ3n) is 6.12. The average molecular weight is 513 g/mol. The Kier molecular flexibility index (Phi) is 9.66. The number of aliphatic hydroxyl groups is 1. The van der Waals surface area contributed by atoms with Gasteiger partial charge < -0.3 is 20.6 Å². The van der Waals surface area contributed by atoms with E-state index < -0.39 is 5.54 Å². The quantitative estimate of drug-likeness (QED) is 0.267. The Balaban J connectivity index is 1.82. The molecule has 198 valence electrons. The minimum Gasteiger partial charge on any atom is -0.394 e. The first kappa shape index (κ1) is 28.3. The summed E-state index contributed by atoms with van der Waals surface area (Å²) >= 11 is 1.62. The lowest BCUT2D eigenvalue weighted by Crippen LogP contribution is -2.37. The molecule has 0 aliphatic carbocycles. The third-order valence-corrected chi connectivity index (χ3v) is 7.32. The van der Waals surface area contributed by atoms with E-state index in [2.05, 4.69) is 66.7 Å². The molecule has 2 aromatic rings. The van der Waals surface area contributed by atoms with E-state index in [0.717, 1.165) is 53.9 Å². The Hall–Kier alpha value is -2.29. The SMILES string of the molecule is C=C(Nc1cccc(SNC(C)(C)C)c1)c1ncc(NC(C)(C)CO)nc1N1CCC(CCC)CC1. The second kappa shape index (κ2) is 12.3. The lowest BCUT2D eigenvalue weighted by atomic mass is 9.92. The average Bonchev–Trinajstić information content (AvgIpc) is 2.83. The maximum Gasteiger partial charge on any atom is 0.159 e. The van der Waals surface area contributed by atoms with Crippen molar-refractivity contribution in [1.82, 2.24) is 14.7 Å². The van der Waals surface area contributed by atoms with Crippen LogP contribution in [-0.2, 0) is 0 Å². The molecule has 0 atom stereocenters. The van der Waals surface area contributed by atoms with Crippen LogP contribution in [0.15, 0.2) is 41.9 Å². The third kappa shape index (κ3) is 8.39. The fourth-order valence-electron chi connectivity index (χ4n) is 4.18. The molecule has 4 N–H and O–H groups in total. The molecular weight excluding hydrogens is 468 g/mol. The van der Waals surface area contributed by atoms with Crippen LogP contribution in [0.1, 0.15) is 72.9 Å². The van der Waals surface area contributed by atoms with Gasteiger partial charge in [-0.25, -0.2) is 9.97 Å². The van der Waals surface area contributed by atoms with Crippen LogP contribution in [0.3, 0.4) is 0 Å². The highest BCUT2D eigenvalue weighted by Gasteiger charge is 2.25. The number of rotatable bonds is 11. The van der Waals surface area contributed by atoms with Gasteiger partial charge in [0.15, 0.2) is 5.82 Å². The maximum atomic E-state index is 9.71. The minimum atomic E-state index is -0.490. The van der Waals surface area contributed by atoms with E-state index in [1.807, 2.05) is 26.0 Å². The van der Waals surface area contributed by atoms with Gasteiger partial charge in [-0.2, -0.15) is 0 Å². The molecule has 1 aliphatic rings. The molecule has 0 amide bonds. The molecule has 0 saturated carbocycles. The summed E-state index contributed by atoms with van der Waals surface area (Å²) in [6, 6.07) is 8.27. The Bertz CT molecular complexity index is 1010. The Morgan fingerprint density at radius 1 is 1.19 bits per heavy atom. The van der Waals surface area contributed by atoms with Crippen molar-refractivity contribution in [1.29, 1.82) is 0 Å². The van der Waals surface area contributed by atoms with Crippen LogP contribution in [0.4, 0.5) is 17.3 Å². The van der Waals surface area contributed by atoms with E-state index in [-0.39, 0.29) is 12.1 Å². The van der Waals surface area contributed by atoms with Crippen molar-refractivity contribution in [2.75, 3.05) is 35.2 Å². The van der Waals surface area contributed by atoms with Crippen molar-refractivity contribution in [3.8, 4) is 0 Å². The zero-order valence-corrected chi connectivity index (χ0v) is 23.6. The number of aromatic nitrogens is 2. The van der Waals surface area contributed by atoms with E-state index in [1.54, 1.807) is 18.1 Å². The molecule has 0 bridgehead atoms. The van der Waals surface area contributed by atoms with Crippen molar-refractivity contribution in [3.63, 3.8) is 0 Å². The second-order valence-corrected chi connectivity index (χ2v) is 12.3. The highest BCUT2D eigenvalue weighted by molar-refractivity contribution is 7.97. The van der Waals surface area contributed by atoms with Gasteiger partial charge in [0.1, 0.15) is 11.5 Å². The van der Waals surface area contributed by atoms with Gasteiger partial charge >= 0.3 is 0 Å². The van der Waals surface area contributed by atoms with E-state index in [0.29, 0.717) is 11.5 Å². The van der Waals surface area contributed by atoms with Crippen LogP contribution >= 0.6 is 11.9 Å². The fourth-order valence-corrected chi connectivity index (χ4v) is 4.94. The fraction of sp³-hybridized carbons (Fsp3) is 0.571. The topological polar surface area (TPSA) is 85.3 Å². The summed E-state index contributed by atoms with van der Waals surface area (Å²) in [5, 5.41) is 16.5. The highest BCUT2D eigenvalue weighted by Crippen LogP contribution is 2.31. The van der Waals surface area contributed by atoms with Crippen LogP contribution in [0.2, 0.25) is 0 Å².